The first-order chi connectivity index (χ1) is 11.8. The summed E-state index contributed by atoms with van der Waals surface area (Å²) in [5.41, 5.74) is 2.21. The van der Waals surface area contributed by atoms with Crippen LogP contribution in [0.1, 0.15) is 37.7 Å². The highest BCUT2D eigenvalue weighted by molar-refractivity contribution is 5.76. The number of fused-ring (bicyclic) bond motifs is 2. The summed E-state index contributed by atoms with van der Waals surface area (Å²) < 4.78 is 1.88. The van der Waals surface area contributed by atoms with Crippen LogP contribution >= 0.6 is 0 Å². The molecule has 1 aromatic heterocycles. The number of nitrogens with one attached hydrogen (secondary N) is 1. The first kappa shape index (κ1) is 15.4. The van der Waals surface area contributed by atoms with Crippen LogP contribution in [-0.4, -0.2) is 22.2 Å². The van der Waals surface area contributed by atoms with Crippen molar-refractivity contribution in [2.24, 2.45) is 17.8 Å². The topological polar surface area (TPSA) is 46.9 Å². The number of para-hydroxylation sites is 1. The molecule has 0 saturated heterocycles. The first-order valence-electron chi connectivity index (χ1n) is 9.13. The van der Waals surface area contributed by atoms with Gasteiger partial charge in [-0.05, 0) is 61.1 Å². The Morgan fingerprint density at radius 1 is 1.21 bits per heavy atom. The Morgan fingerprint density at radius 2 is 2.08 bits per heavy atom. The third-order valence-electron chi connectivity index (χ3n) is 5.72. The van der Waals surface area contributed by atoms with E-state index in [9.17, 15) is 4.79 Å². The number of nitrogens with zero attached hydrogens (tertiary/aromatic N) is 2. The van der Waals surface area contributed by atoms with Gasteiger partial charge in [0.25, 0.3) is 0 Å². The van der Waals surface area contributed by atoms with Gasteiger partial charge in [0.15, 0.2) is 0 Å². The van der Waals surface area contributed by atoms with Crippen LogP contribution in [0.15, 0.2) is 42.7 Å². The van der Waals surface area contributed by atoms with Gasteiger partial charge in [0.2, 0.25) is 5.91 Å². The lowest BCUT2D eigenvalue weighted by Crippen LogP contribution is -2.28. The van der Waals surface area contributed by atoms with Gasteiger partial charge in [0, 0.05) is 19.2 Å². The predicted octanol–water partition coefficient (Wildman–Crippen LogP) is 3.36. The van der Waals surface area contributed by atoms with E-state index in [0.29, 0.717) is 12.5 Å². The van der Waals surface area contributed by atoms with Crippen molar-refractivity contribution < 1.29 is 4.79 Å². The summed E-state index contributed by atoms with van der Waals surface area (Å²) in [5, 5.41) is 7.49. The van der Waals surface area contributed by atoms with Crippen LogP contribution in [0.4, 0.5) is 0 Å². The Hall–Kier alpha value is -2.10. The minimum Gasteiger partial charge on any atom is -0.356 e. The second-order valence-electron chi connectivity index (χ2n) is 7.37. The van der Waals surface area contributed by atoms with Crippen molar-refractivity contribution in [3.05, 3.63) is 48.3 Å². The predicted molar refractivity (Wildman–Crippen MR) is 93.8 cm³/mol. The molecule has 3 unspecified atom stereocenters. The highest BCUT2D eigenvalue weighted by atomic mass is 16.1. The maximum atomic E-state index is 12.2. The number of carbonyl (C=O) groups is 1. The lowest BCUT2D eigenvalue weighted by Gasteiger charge is -2.20. The van der Waals surface area contributed by atoms with E-state index in [0.717, 1.165) is 35.9 Å². The summed E-state index contributed by atoms with van der Waals surface area (Å²) in [5.74, 6) is 2.61. The van der Waals surface area contributed by atoms with Gasteiger partial charge in [0.05, 0.1) is 11.9 Å². The van der Waals surface area contributed by atoms with Gasteiger partial charge < -0.3 is 5.32 Å². The molecule has 1 aromatic carbocycles. The molecule has 2 fully saturated rings. The highest BCUT2D eigenvalue weighted by Gasteiger charge is 2.39. The molecular weight excluding hydrogens is 298 g/mol. The summed E-state index contributed by atoms with van der Waals surface area (Å²) in [6.45, 7) is 0.695. The molecule has 1 amide bonds. The molecule has 4 rings (SSSR count). The third-order valence-corrected chi connectivity index (χ3v) is 5.72. The van der Waals surface area contributed by atoms with Crippen LogP contribution in [0.2, 0.25) is 0 Å². The van der Waals surface area contributed by atoms with Crippen LogP contribution in [0.5, 0.6) is 0 Å². The number of aromatic nitrogens is 2. The van der Waals surface area contributed by atoms with Crippen LogP contribution in [0, 0.1) is 17.8 Å². The number of benzene rings is 1. The molecule has 3 atom stereocenters. The van der Waals surface area contributed by atoms with E-state index in [4.69, 9.17) is 0 Å². The summed E-state index contributed by atoms with van der Waals surface area (Å²) in [6, 6.07) is 10.1. The first-order valence-corrected chi connectivity index (χ1v) is 9.13. The summed E-state index contributed by atoms with van der Waals surface area (Å²) in [4.78, 5) is 12.2. The molecule has 24 heavy (non-hydrogen) atoms. The summed E-state index contributed by atoms with van der Waals surface area (Å²) >= 11 is 0. The molecule has 2 aromatic rings. The van der Waals surface area contributed by atoms with Crippen LogP contribution in [0.25, 0.3) is 5.69 Å². The summed E-state index contributed by atoms with van der Waals surface area (Å²) in [7, 11) is 0. The van der Waals surface area contributed by atoms with Crippen LogP contribution in [0.3, 0.4) is 0 Å². The molecule has 1 heterocycles. The van der Waals surface area contributed by atoms with Crippen molar-refractivity contribution in [3.63, 3.8) is 0 Å². The molecule has 0 spiro atoms. The highest BCUT2D eigenvalue weighted by Crippen LogP contribution is 2.49. The second kappa shape index (κ2) is 6.80. The molecule has 2 bridgehead atoms. The molecule has 4 heteroatoms. The van der Waals surface area contributed by atoms with Gasteiger partial charge in [-0.15, -0.1) is 0 Å². The minimum atomic E-state index is 0.225. The Morgan fingerprint density at radius 3 is 2.83 bits per heavy atom. The van der Waals surface area contributed by atoms with E-state index in [1.165, 1.54) is 25.7 Å². The van der Waals surface area contributed by atoms with Crippen molar-refractivity contribution in [2.45, 2.75) is 38.5 Å². The summed E-state index contributed by atoms with van der Waals surface area (Å²) in [6.07, 6.45) is 10.9. The smallest absolute Gasteiger partial charge is 0.220 e. The lowest BCUT2D eigenvalue weighted by molar-refractivity contribution is -0.122. The maximum absolute atomic E-state index is 12.2. The second-order valence-corrected chi connectivity index (χ2v) is 7.37. The van der Waals surface area contributed by atoms with Crippen LogP contribution < -0.4 is 5.32 Å². The van der Waals surface area contributed by atoms with E-state index in [2.05, 4.69) is 10.4 Å². The Balaban J connectivity index is 1.23. The van der Waals surface area contributed by atoms with Crippen molar-refractivity contribution in [1.82, 2.24) is 15.1 Å². The van der Waals surface area contributed by atoms with Gasteiger partial charge in [-0.2, -0.15) is 5.10 Å². The number of hydrogen-bond acceptors (Lipinski definition) is 2. The zero-order valence-electron chi connectivity index (χ0n) is 14.0. The molecule has 2 aliphatic carbocycles. The fourth-order valence-electron chi connectivity index (χ4n) is 4.49. The van der Waals surface area contributed by atoms with Gasteiger partial charge in [0.1, 0.15) is 0 Å². The van der Waals surface area contributed by atoms with E-state index >= 15 is 0 Å². The minimum absolute atomic E-state index is 0.225. The van der Waals surface area contributed by atoms with Crippen molar-refractivity contribution in [2.75, 3.05) is 6.54 Å². The SMILES string of the molecule is O=C(CC1CC2CCC1C2)NCCc1cnn(-c2ccccc2)c1. The lowest BCUT2D eigenvalue weighted by atomic mass is 9.86. The zero-order chi connectivity index (χ0) is 16.4. The molecule has 4 nitrogen and oxygen atoms in total. The molecule has 0 aliphatic heterocycles. The average Bonchev–Trinajstić information content (AvgIpc) is 3.32. The molecule has 0 radical (unpaired) electrons. The van der Waals surface area contributed by atoms with E-state index < -0.39 is 0 Å². The monoisotopic (exact) mass is 323 g/mol. The third kappa shape index (κ3) is 3.37. The van der Waals surface area contributed by atoms with Gasteiger partial charge >= 0.3 is 0 Å². The number of amides is 1. The molecule has 2 saturated carbocycles. The Kier molecular flexibility index (Phi) is 4.37. The van der Waals surface area contributed by atoms with Gasteiger partial charge in [-0.3, -0.25) is 4.79 Å². The molecule has 1 N–H and O–H groups in total. The standard InChI is InChI=1S/C20H25N3O/c24-20(12-18-11-15-6-7-17(18)10-15)21-9-8-16-13-22-23(14-16)19-4-2-1-3-5-19/h1-5,13-15,17-18H,6-12H2,(H,21,24). The van der Waals surface area contributed by atoms with Crippen molar-refractivity contribution in [3.8, 4) is 5.69 Å². The Labute approximate surface area is 143 Å². The number of carbonyl (C=O) groups excluding carboxylic acids is 1. The van der Waals surface area contributed by atoms with Crippen molar-refractivity contribution in [1.29, 1.82) is 0 Å². The normalized spacial score (nSPS) is 25.1. The maximum Gasteiger partial charge on any atom is 0.220 e. The molecular formula is C20H25N3O. The molecule has 2 aliphatic rings. The average molecular weight is 323 g/mol. The van der Waals surface area contributed by atoms with Crippen molar-refractivity contribution >= 4 is 5.91 Å². The Bertz CT molecular complexity index is 694. The van der Waals surface area contributed by atoms with Crippen LogP contribution in [-0.2, 0) is 11.2 Å². The van der Waals surface area contributed by atoms with E-state index in [1.54, 1.807) is 0 Å². The quantitative estimate of drug-likeness (QED) is 0.886. The largest absolute Gasteiger partial charge is 0.356 e. The van der Waals surface area contributed by atoms with E-state index in [1.807, 2.05) is 47.4 Å². The van der Waals surface area contributed by atoms with E-state index in [-0.39, 0.29) is 5.91 Å². The number of rotatable bonds is 6. The fourth-order valence-corrected chi connectivity index (χ4v) is 4.49. The van der Waals surface area contributed by atoms with Gasteiger partial charge in [-0.25, -0.2) is 4.68 Å². The fraction of sp³-hybridized carbons (Fsp3) is 0.500. The van der Waals surface area contributed by atoms with Gasteiger partial charge in [-0.1, -0.05) is 24.6 Å². The zero-order valence-corrected chi connectivity index (χ0v) is 14.0. The molecule has 126 valence electrons. The number of hydrogen-bond donors (Lipinski definition) is 1.